The first kappa shape index (κ1) is 19.0. The van der Waals surface area contributed by atoms with Crippen LogP contribution >= 0.6 is 0 Å². The predicted octanol–water partition coefficient (Wildman–Crippen LogP) is 2.69. The first-order valence-electron chi connectivity index (χ1n) is 9.22. The van der Waals surface area contributed by atoms with Gasteiger partial charge in [-0.25, -0.2) is 0 Å². The highest BCUT2D eigenvalue weighted by Gasteiger charge is 2.09. The predicted molar refractivity (Wildman–Crippen MR) is 97.0 cm³/mol. The number of rotatable bonds is 11. The molecule has 1 aliphatic heterocycles. The van der Waals surface area contributed by atoms with E-state index in [-0.39, 0.29) is 0 Å². The van der Waals surface area contributed by atoms with Crippen molar-refractivity contribution in [3.05, 3.63) is 23.8 Å². The van der Waals surface area contributed by atoms with E-state index < -0.39 is 0 Å². The van der Waals surface area contributed by atoms with Gasteiger partial charge in [0.25, 0.3) is 0 Å². The Hall–Kier alpha value is -1.30. The smallest absolute Gasteiger partial charge is 0.161 e. The van der Waals surface area contributed by atoms with Gasteiger partial charge >= 0.3 is 0 Å². The average Bonchev–Trinajstić information content (AvgIpc) is 2.62. The minimum Gasteiger partial charge on any atom is -0.490 e. The van der Waals surface area contributed by atoms with Gasteiger partial charge in [-0.3, -0.25) is 4.90 Å². The number of nitrogens with zero attached hydrogens (tertiary/aromatic N) is 1. The van der Waals surface area contributed by atoms with Crippen LogP contribution in [0.4, 0.5) is 0 Å². The summed E-state index contributed by atoms with van der Waals surface area (Å²) in [6.07, 6.45) is 2.16. The van der Waals surface area contributed by atoms with Crippen molar-refractivity contribution in [2.45, 2.75) is 33.2 Å². The summed E-state index contributed by atoms with van der Waals surface area (Å²) in [5, 5.41) is 3.52. The van der Waals surface area contributed by atoms with Gasteiger partial charge in [-0.2, -0.15) is 0 Å². The Labute approximate surface area is 146 Å². The van der Waals surface area contributed by atoms with Gasteiger partial charge in [-0.15, -0.1) is 0 Å². The Balaban J connectivity index is 1.71. The Morgan fingerprint density at radius 2 is 1.96 bits per heavy atom. The van der Waals surface area contributed by atoms with Gasteiger partial charge in [0, 0.05) is 19.6 Å². The molecular formula is C19H32N2O3. The maximum absolute atomic E-state index is 5.74. The first-order valence-corrected chi connectivity index (χ1v) is 9.22. The lowest BCUT2D eigenvalue weighted by Crippen LogP contribution is -2.37. The van der Waals surface area contributed by atoms with Crippen molar-refractivity contribution < 1.29 is 14.2 Å². The summed E-state index contributed by atoms with van der Waals surface area (Å²) in [6, 6.07) is 6.22. The highest BCUT2D eigenvalue weighted by molar-refractivity contribution is 5.43. The van der Waals surface area contributed by atoms with Crippen molar-refractivity contribution in [2.75, 3.05) is 52.6 Å². The molecule has 0 saturated carbocycles. The standard InChI is InChI=1S/C19H32N2O3/c1-3-12-24-18-7-6-17(15-19(18)23-4-2)16-20-8-5-9-21-10-13-22-14-11-21/h6-7,15,20H,3-5,8-14,16H2,1-2H3. The van der Waals surface area contributed by atoms with Crippen LogP contribution in [0.1, 0.15) is 32.3 Å². The zero-order chi connectivity index (χ0) is 17.0. The number of hydrogen-bond acceptors (Lipinski definition) is 5. The van der Waals surface area contributed by atoms with Crippen LogP contribution in [-0.2, 0) is 11.3 Å². The van der Waals surface area contributed by atoms with Gasteiger partial charge in [0.05, 0.1) is 26.4 Å². The maximum atomic E-state index is 5.74. The highest BCUT2D eigenvalue weighted by Crippen LogP contribution is 2.28. The van der Waals surface area contributed by atoms with Gasteiger partial charge in [0.2, 0.25) is 0 Å². The molecule has 1 N–H and O–H groups in total. The molecule has 1 saturated heterocycles. The molecule has 5 nitrogen and oxygen atoms in total. The summed E-state index contributed by atoms with van der Waals surface area (Å²) < 4.78 is 16.8. The van der Waals surface area contributed by atoms with Crippen LogP contribution < -0.4 is 14.8 Å². The van der Waals surface area contributed by atoms with E-state index in [1.807, 2.05) is 13.0 Å². The fourth-order valence-electron chi connectivity index (χ4n) is 2.75. The van der Waals surface area contributed by atoms with Gasteiger partial charge < -0.3 is 19.5 Å². The second-order valence-corrected chi connectivity index (χ2v) is 6.05. The summed E-state index contributed by atoms with van der Waals surface area (Å²) in [5.41, 5.74) is 1.23. The summed E-state index contributed by atoms with van der Waals surface area (Å²) >= 11 is 0. The SMILES string of the molecule is CCCOc1ccc(CNCCCN2CCOCC2)cc1OCC. The van der Waals surface area contributed by atoms with Gasteiger partial charge in [0.15, 0.2) is 11.5 Å². The molecule has 0 bridgehead atoms. The fraction of sp³-hybridized carbons (Fsp3) is 0.684. The third kappa shape index (κ3) is 6.67. The minimum atomic E-state index is 0.652. The second-order valence-electron chi connectivity index (χ2n) is 6.05. The van der Waals surface area contributed by atoms with E-state index in [1.165, 1.54) is 5.56 Å². The van der Waals surface area contributed by atoms with Crippen molar-refractivity contribution in [1.82, 2.24) is 10.2 Å². The topological polar surface area (TPSA) is 43.0 Å². The van der Waals surface area contributed by atoms with Crippen LogP contribution in [0.5, 0.6) is 11.5 Å². The van der Waals surface area contributed by atoms with Crippen LogP contribution in [-0.4, -0.2) is 57.5 Å². The molecule has 2 rings (SSSR count). The van der Waals surface area contributed by atoms with Crippen LogP contribution in [0, 0.1) is 0 Å². The van der Waals surface area contributed by atoms with Crippen LogP contribution in [0.15, 0.2) is 18.2 Å². The molecule has 0 aliphatic carbocycles. The van der Waals surface area contributed by atoms with E-state index in [0.717, 1.165) is 76.9 Å². The second kappa shape index (κ2) is 11.3. The zero-order valence-electron chi connectivity index (χ0n) is 15.2. The molecule has 24 heavy (non-hydrogen) atoms. The monoisotopic (exact) mass is 336 g/mol. The largest absolute Gasteiger partial charge is 0.490 e. The van der Waals surface area contributed by atoms with Crippen molar-refractivity contribution in [3.63, 3.8) is 0 Å². The average molecular weight is 336 g/mol. The van der Waals surface area contributed by atoms with E-state index in [0.29, 0.717) is 6.61 Å². The maximum Gasteiger partial charge on any atom is 0.161 e. The first-order chi connectivity index (χ1) is 11.8. The summed E-state index contributed by atoms with van der Waals surface area (Å²) in [6.45, 7) is 12.4. The molecule has 1 fully saturated rings. The molecule has 0 aromatic heterocycles. The number of ether oxygens (including phenoxy) is 3. The summed E-state index contributed by atoms with van der Waals surface area (Å²) in [7, 11) is 0. The number of benzene rings is 1. The van der Waals surface area contributed by atoms with Crippen molar-refractivity contribution in [2.24, 2.45) is 0 Å². The van der Waals surface area contributed by atoms with Gasteiger partial charge in [-0.05, 0) is 50.6 Å². The molecule has 1 heterocycles. The van der Waals surface area contributed by atoms with E-state index in [4.69, 9.17) is 14.2 Å². The molecule has 0 atom stereocenters. The lowest BCUT2D eigenvalue weighted by atomic mass is 10.2. The number of nitrogens with one attached hydrogen (secondary N) is 1. The van der Waals surface area contributed by atoms with Crippen molar-refractivity contribution in [1.29, 1.82) is 0 Å². The molecule has 1 aliphatic rings. The van der Waals surface area contributed by atoms with E-state index in [1.54, 1.807) is 0 Å². The van der Waals surface area contributed by atoms with Crippen LogP contribution in [0.3, 0.4) is 0 Å². The van der Waals surface area contributed by atoms with E-state index in [2.05, 4.69) is 29.3 Å². The Morgan fingerprint density at radius 3 is 2.71 bits per heavy atom. The minimum absolute atomic E-state index is 0.652. The third-order valence-electron chi connectivity index (χ3n) is 4.03. The molecule has 0 amide bonds. The van der Waals surface area contributed by atoms with Crippen LogP contribution in [0.2, 0.25) is 0 Å². The highest BCUT2D eigenvalue weighted by atomic mass is 16.5. The lowest BCUT2D eigenvalue weighted by Gasteiger charge is -2.26. The quantitative estimate of drug-likeness (QED) is 0.629. The molecule has 5 heteroatoms. The number of morpholine rings is 1. The fourth-order valence-corrected chi connectivity index (χ4v) is 2.75. The Morgan fingerprint density at radius 1 is 1.12 bits per heavy atom. The zero-order valence-corrected chi connectivity index (χ0v) is 15.2. The van der Waals surface area contributed by atoms with Gasteiger partial charge in [0.1, 0.15) is 0 Å². The van der Waals surface area contributed by atoms with Crippen molar-refractivity contribution >= 4 is 0 Å². The van der Waals surface area contributed by atoms with E-state index in [9.17, 15) is 0 Å². The molecule has 0 unspecified atom stereocenters. The molecule has 0 radical (unpaired) electrons. The number of hydrogen-bond donors (Lipinski definition) is 1. The summed E-state index contributed by atoms with van der Waals surface area (Å²) in [4.78, 5) is 2.47. The molecular weight excluding hydrogens is 304 g/mol. The normalized spacial score (nSPS) is 15.4. The Kier molecular flexibility index (Phi) is 8.95. The molecule has 0 spiro atoms. The van der Waals surface area contributed by atoms with Crippen molar-refractivity contribution in [3.8, 4) is 11.5 Å². The van der Waals surface area contributed by atoms with E-state index >= 15 is 0 Å². The molecule has 1 aromatic carbocycles. The Bertz CT molecular complexity index is 462. The molecule has 136 valence electrons. The lowest BCUT2D eigenvalue weighted by molar-refractivity contribution is 0.0374. The third-order valence-corrected chi connectivity index (χ3v) is 4.03. The van der Waals surface area contributed by atoms with Gasteiger partial charge in [-0.1, -0.05) is 13.0 Å². The van der Waals surface area contributed by atoms with Crippen LogP contribution in [0.25, 0.3) is 0 Å². The molecule has 1 aromatic rings. The summed E-state index contributed by atoms with van der Waals surface area (Å²) in [5.74, 6) is 1.69.